The fraction of sp³-hybridized carbons (Fsp3) is 0.562. The standard InChI is InChI=1S/C16H24N2S/c1-11(2)14-7-5-13(6-8-14)9-17-16-18-15(10-19-16)12(3)4/h5-8,11-12,15H,9-10H2,1-4H3,(H,17,18)/t15-/m1/s1. The number of aliphatic imine (C=N–C) groups is 1. The zero-order valence-electron chi connectivity index (χ0n) is 12.3. The van der Waals surface area contributed by atoms with Crippen molar-refractivity contribution in [2.75, 3.05) is 5.75 Å². The molecule has 1 aromatic carbocycles. The van der Waals surface area contributed by atoms with Crippen LogP contribution in [0.5, 0.6) is 0 Å². The number of nitrogens with one attached hydrogen (secondary N) is 1. The molecule has 3 heteroatoms. The molecule has 1 saturated heterocycles. The van der Waals surface area contributed by atoms with Crippen LogP contribution in [0, 0.1) is 5.92 Å². The molecule has 0 aromatic heterocycles. The van der Waals surface area contributed by atoms with Crippen molar-refractivity contribution < 1.29 is 0 Å². The Morgan fingerprint density at radius 2 is 1.89 bits per heavy atom. The first-order chi connectivity index (χ1) is 9.06. The monoisotopic (exact) mass is 276 g/mol. The molecule has 0 saturated carbocycles. The topological polar surface area (TPSA) is 24.4 Å². The maximum Gasteiger partial charge on any atom is 0.157 e. The first-order valence-electron chi connectivity index (χ1n) is 7.09. The van der Waals surface area contributed by atoms with Crippen molar-refractivity contribution in [1.29, 1.82) is 0 Å². The number of benzene rings is 1. The lowest BCUT2D eigenvalue weighted by Crippen LogP contribution is -2.31. The molecule has 0 radical (unpaired) electrons. The summed E-state index contributed by atoms with van der Waals surface area (Å²) in [5.41, 5.74) is 2.68. The molecular formula is C16H24N2S. The number of thioether (sulfide) groups is 1. The number of rotatable bonds is 4. The quantitative estimate of drug-likeness (QED) is 0.898. The van der Waals surface area contributed by atoms with Crippen LogP contribution in [0.25, 0.3) is 0 Å². The molecule has 2 nitrogen and oxygen atoms in total. The van der Waals surface area contributed by atoms with Crippen molar-refractivity contribution >= 4 is 16.9 Å². The molecule has 0 bridgehead atoms. The van der Waals surface area contributed by atoms with E-state index in [-0.39, 0.29) is 0 Å². The molecule has 19 heavy (non-hydrogen) atoms. The van der Waals surface area contributed by atoms with Gasteiger partial charge in [0, 0.05) is 11.8 Å². The van der Waals surface area contributed by atoms with Gasteiger partial charge in [0.1, 0.15) is 0 Å². The van der Waals surface area contributed by atoms with E-state index in [9.17, 15) is 0 Å². The average molecular weight is 276 g/mol. The molecule has 1 aliphatic rings. The van der Waals surface area contributed by atoms with Crippen LogP contribution in [-0.4, -0.2) is 17.0 Å². The van der Waals surface area contributed by atoms with Crippen molar-refractivity contribution in [1.82, 2.24) is 5.32 Å². The Labute approximate surface area is 121 Å². The van der Waals surface area contributed by atoms with E-state index in [1.54, 1.807) is 0 Å². The van der Waals surface area contributed by atoms with Crippen molar-refractivity contribution in [2.45, 2.75) is 46.2 Å². The van der Waals surface area contributed by atoms with Crippen molar-refractivity contribution in [3.05, 3.63) is 35.4 Å². The molecular weight excluding hydrogens is 252 g/mol. The van der Waals surface area contributed by atoms with Gasteiger partial charge in [0.25, 0.3) is 0 Å². The van der Waals surface area contributed by atoms with Crippen molar-refractivity contribution in [3.63, 3.8) is 0 Å². The molecule has 1 heterocycles. The normalized spacial score (nSPS) is 21.4. The van der Waals surface area contributed by atoms with E-state index in [0.29, 0.717) is 17.9 Å². The van der Waals surface area contributed by atoms with Crippen LogP contribution in [0.3, 0.4) is 0 Å². The van der Waals surface area contributed by atoms with E-state index in [2.05, 4.69) is 62.3 Å². The van der Waals surface area contributed by atoms with Gasteiger partial charge in [-0.05, 0) is 23.0 Å². The summed E-state index contributed by atoms with van der Waals surface area (Å²) in [7, 11) is 0. The van der Waals surface area contributed by atoms with E-state index < -0.39 is 0 Å². The molecule has 0 amide bonds. The van der Waals surface area contributed by atoms with Gasteiger partial charge in [-0.3, -0.25) is 4.99 Å². The molecule has 0 aliphatic carbocycles. The third-order valence-corrected chi connectivity index (χ3v) is 4.61. The largest absolute Gasteiger partial charge is 0.361 e. The van der Waals surface area contributed by atoms with E-state index in [4.69, 9.17) is 0 Å². The molecule has 0 unspecified atom stereocenters. The number of hydrogen-bond donors (Lipinski definition) is 1. The molecule has 104 valence electrons. The van der Waals surface area contributed by atoms with Gasteiger partial charge < -0.3 is 5.32 Å². The van der Waals surface area contributed by atoms with Gasteiger partial charge >= 0.3 is 0 Å². The Balaban J connectivity index is 1.92. The van der Waals surface area contributed by atoms with Gasteiger partial charge in [0.05, 0.1) is 6.54 Å². The second kappa shape index (κ2) is 6.47. The van der Waals surface area contributed by atoms with E-state index in [1.807, 2.05) is 11.8 Å². The molecule has 1 aliphatic heterocycles. The predicted octanol–water partition coefficient (Wildman–Crippen LogP) is 4.03. The second-order valence-corrected chi connectivity index (χ2v) is 6.83. The van der Waals surface area contributed by atoms with Crippen LogP contribution in [0.2, 0.25) is 0 Å². The number of nitrogens with zero attached hydrogens (tertiary/aromatic N) is 1. The van der Waals surface area contributed by atoms with Gasteiger partial charge in [-0.25, -0.2) is 0 Å². The third-order valence-electron chi connectivity index (χ3n) is 3.56. The fourth-order valence-electron chi connectivity index (χ4n) is 2.03. The van der Waals surface area contributed by atoms with Crippen molar-refractivity contribution in [2.24, 2.45) is 10.9 Å². The van der Waals surface area contributed by atoms with Crippen LogP contribution >= 0.6 is 11.8 Å². The van der Waals surface area contributed by atoms with Crippen molar-refractivity contribution in [3.8, 4) is 0 Å². The van der Waals surface area contributed by atoms with Crippen LogP contribution < -0.4 is 5.32 Å². The highest BCUT2D eigenvalue weighted by Gasteiger charge is 2.22. The van der Waals surface area contributed by atoms with Gasteiger partial charge in [-0.2, -0.15) is 0 Å². The van der Waals surface area contributed by atoms with Gasteiger partial charge in [-0.1, -0.05) is 63.7 Å². The summed E-state index contributed by atoms with van der Waals surface area (Å²) in [6.07, 6.45) is 0. The summed E-state index contributed by atoms with van der Waals surface area (Å²) >= 11 is 1.84. The third kappa shape index (κ3) is 4.00. The van der Waals surface area contributed by atoms with Crippen LogP contribution in [-0.2, 0) is 6.54 Å². The summed E-state index contributed by atoms with van der Waals surface area (Å²) in [4.78, 5) is 4.67. The minimum absolute atomic E-state index is 0.576. The Morgan fingerprint density at radius 3 is 2.42 bits per heavy atom. The summed E-state index contributed by atoms with van der Waals surface area (Å²) in [5, 5.41) is 4.61. The number of amidine groups is 1. The minimum Gasteiger partial charge on any atom is -0.361 e. The Bertz CT molecular complexity index is 435. The number of hydrogen-bond acceptors (Lipinski definition) is 2. The highest BCUT2D eigenvalue weighted by molar-refractivity contribution is 8.14. The lowest BCUT2D eigenvalue weighted by atomic mass is 10.0. The van der Waals surface area contributed by atoms with E-state index >= 15 is 0 Å². The summed E-state index contributed by atoms with van der Waals surface area (Å²) < 4.78 is 0. The van der Waals surface area contributed by atoms with Gasteiger partial charge in [0.2, 0.25) is 0 Å². The fourth-order valence-corrected chi connectivity index (χ4v) is 3.23. The zero-order chi connectivity index (χ0) is 13.8. The summed E-state index contributed by atoms with van der Waals surface area (Å²) in [6, 6.07) is 9.39. The predicted molar refractivity (Wildman–Crippen MR) is 85.9 cm³/mol. The maximum atomic E-state index is 4.67. The van der Waals surface area contributed by atoms with E-state index in [0.717, 1.165) is 17.5 Å². The van der Waals surface area contributed by atoms with Crippen LogP contribution in [0.15, 0.2) is 29.3 Å². The first-order valence-corrected chi connectivity index (χ1v) is 8.07. The Morgan fingerprint density at radius 1 is 1.21 bits per heavy atom. The van der Waals surface area contributed by atoms with Crippen LogP contribution in [0.4, 0.5) is 0 Å². The lowest BCUT2D eigenvalue weighted by molar-refractivity contribution is 0.503. The minimum atomic E-state index is 0.576. The molecule has 1 fully saturated rings. The highest BCUT2D eigenvalue weighted by Crippen LogP contribution is 2.20. The Kier molecular flexibility index (Phi) is 4.92. The molecule has 1 atom stereocenters. The molecule has 1 aromatic rings. The lowest BCUT2D eigenvalue weighted by Gasteiger charge is -2.13. The van der Waals surface area contributed by atoms with Crippen LogP contribution in [0.1, 0.15) is 44.7 Å². The van der Waals surface area contributed by atoms with Gasteiger partial charge in [0.15, 0.2) is 5.17 Å². The zero-order valence-corrected chi connectivity index (χ0v) is 13.1. The SMILES string of the molecule is CC(C)c1ccc(CN=C2N[C@@H](C(C)C)CS2)cc1. The van der Waals surface area contributed by atoms with Gasteiger partial charge in [-0.15, -0.1) is 0 Å². The smallest absolute Gasteiger partial charge is 0.157 e. The Hall–Kier alpha value is -0.960. The summed E-state index contributed by atoms with van der Waals surface area (Å²) in [5.74, 6) is 2.41. The molecule has 2 rings (SSSR count). The second-order valence-electron chi connectivity index (χ2n) is 5.82. The highest BCUT2D eigenvalue weighted by atomic mass is 32.2. The first kappa shape index (κ1) is 14.4. The maximum absolute atomic E-state index is 4.67. The summed E-state index contributed by atoms with van der Waals surface area (Å²) in [6.45, 7) is 9.73. The average Bonchev–Trinajstić information content (AvgIpc) is 2.86. The molecule has 0 spiro atoms. The molecule has 1 N–H and O–H groups in total. The van der Waals surface area contributed by atoms with E-state index in [1.165, 1.54) is 11.1 Å².